The molecule has 6 aromatic carbocycles. The number of sulfonamides is 1. The molecule has 0 unspecified atom stereocenters. The molecule has 444 valence electrons. The average molecular weight is 1200 g/mol. The molecule has 0 aromatic heterocycles. The van der Waals surface area contributed by atoms with E-state index in [1.165, 1.54) is 54.6 Å². The fraction of sp³-hybridized carbons (Fsp3) is 0.333. The Bertz CT molecular complexity index is 3510. The van der Waals surface area contributed by atoms with E-state index in [2.05, 4.69) is 20.6 Å². The number of hydrogen-bond acceptors (Lipinski definition) is 13. The molecule has 0 bridgehead atoms. The van der Waals surface area contributed by atoms with Gasteiger partial charge in [-0.05, 0) is 148 Å². The molecule has 2 heterocycles. The van der Waals surface area contributed by atoms with Crippen LogP contribution >= 0.6 is 10.7 Å². The molecule has 6 aromatic rings. The number of nitrogens with one attached hydrogen (secondary N) is 1. The maximum absolute atomic E-state index is 14.9. The molecule has 0 saturated carbocycles. The number of carbonyl (C=O) groups excluding carboxylic acids is 2. The number of nitrogens with two attached hydrogens (primary N) is 1. The largest absolute Gasteiger partial charge is 0.478 e. The minimum atomic E-state index is -3.99. The van der Waals surface area contributed by atoms with E-state index in [0.717, 1.165) is 54.0 Å². The molecule has 2 saturated heterocycles. The van der Waals surface area contributed by atoms with Gasteiger partial charge in [-0.2, -0.15) is 0 Å². The molecule has 5 N–H and O–H groups in total. The molecule has 2 fully saturated rings. The van der Waals surface area contributed by atoms with Gasteiger partial charge in [0.1, 0.15) is 22.8 Å². The van der Waals surface area contributed by atoms with Gasteiger partial charge in [0.15, 0.2) is 0 Å². The Morgan fingerprint density at radius 1 is 0.542 bits per heavy atom. The zero-order valence-corrected chi connectivity index (χ0v) is 49.4. The molecule has 83 heavy (non-hydrogen) atoms. The second-order valence-electron chi connectivity index (χ2n) is 21.6. The molecule has 18 nitrogen and oxygen atoms in total. The molecular weight excluding hydrogens is 1130 g/mol. The van der Waals surface area contributed by atoms with Gasteiger partial charge < -0.3 is 35.2 Å². The van der Waals surface area contributed by atoms with Crippen molar-refractivity contribution in [2.75, 3.05) is 52.4 Å². The molecule has 2 aliphatic heterocycles. The standard InChI is InChI=1S/C30H34FN3O6S.C23H30FN3O2.C7H5ClO4S/c1-30(2,3)40-29(37)34-14-12-33(13-15-34)20-22-6-4-7-23(16-22)26-17-21(10-11-27(26)31)19-32-41(38,39)25-9-5-8-24(18-25)28(35)36;1-23(2,3)29-22(28)27-11-9-26(10-12-27)16-18-5-4-6-19(13-18)20-14-17(15-25)7-8-21(20)24;8-13(11,12)6-3-1-2-5(4-6)7(9)10/h4-11,16-18,32H,12-15,19-20H2,1-3H3,(H,35,36);4-8,13-14H,9-12,15-16,25H2,1-3H3;1-4H,(H,9,10). The second-order valence-corrected chi connectivity index (χ2v) is 26.0. The summed E-state index contributed by atoms with van der Waals surface area (Å²) in [5.74, 6) is -3.10. The first-order valence-electron chi connectivity index (χ1n) is 26.4. The van der Waals surface area contributed by atoms with Crippen LogP contribution in [0.15, 0.2) is 143 Å². The van der Waals surface area contributed by atoms with Crippen LogP contribution in [0.1, 0.15) is 84.5 Å². The predicted molar refractivity (Wildman–Crippen MR) is 312 cm³/mol. The van der Waals surface area contributed by atoms with E-state index in [9.17, 15) is 44.8 Å². The summed E-state index contributed by atoms with van der Waals surface area (Å²) in [5, 5.41) is 17.7. The summed E-state index contributed by atoms with van der Waals surface area (Å²) in [7, 11) is -2.82. The van der Waals surface area contributed by atoms with Gasteiger partial charge >= 0.3 is 24.1 Å². The Kier molecular flexibility index (Phi) is 22.1. The van der Waals surface area contributed by atoms with E-state index < -0.39 is 48.0 Å². The van der Waals surface area contributed by atoms with Gasteiger partial charge in [0.25, 0.3) is 9.05 Å². The van der Waals surface area contributed by atoms with E-state index in [-0.39, 0.29) is 45.5 Å². The van der Waals surface area contributed by atoms with Gasteiger partial charge in [-0.3, -0.25) is 9.80 Å². The summed E-state index contributed by atoms with van der Waals surface area (Å²) in [6, 6.07) is 34.8. The lowest BCUT2D eigenvalue weighted by Crippen LogP contribution is -2.49. The van der Waals surface area contributed by atoms with Crippen LogP contribution in [0.3, 0.4) is 0 Å². The van der Waals surface area contributed by atoms with E-state index in [1.54, 1.807) is 28.0 Å². The number of aromatic carboxylic acids is 2. The smallest absolute Gasteiger partial charge is 0.410 e. The van der Waals surface area contributed by atoms with Gasteiger partial charge in [0, 0.05) is 100 Å². The Balaban J connectivity index is 0.000000227. The lowest BCUT2D eigenvalue weighted by molar-refractivity contribution is 0.0129. The van der Waals surface area contributed by atoms with Crippen LogP contribution in [0, 0.1) is 11.6 Å². The first-order chi connectivity index (χ1) is 39.0. The highest BCUT2D eigenvalue weighted by Gasteiger charge is 2.28. The van der Waals surface area contributed by atoms with Gasteiger partial charge in [-0.1, -0.05) is 60.7 Å². The third-order valence-corrected chi connectivity index (χ3v) is 15.6. The number of nitrogens with zero attached hydrogens (tertiary/aromatic N) is 4. The number of benzene rings is 6. The Morgan fingerprint density at radius 2 is 0.940 bits per heavy atom. The van der Waals surface area contributed by atoms with Crippen molar-refractivity contribution in [3.63, 3.8) is 0 Å². The molecule has 2 aliphatic rings. The molecule has 0 radical (unpaired) electrons. The molecule has 8 rings (SSSR count). The third-order valence-electron chi connectivity index (χ3n) is 12.9. The van der Waals surface area contributed by atoms with Gasteiger partial charge in [0.2, 0.25) is 10.0 Å². The normalized spacial score (nSPS) is 14.3. The SMILES string of the molecule is CC(C)(C)OC(=O)N1CCN(Cc2cccc(-c3cc(CN)ccc3F)c2)CC1.CC(C)(C)OC(=O)N1CCN(Cc2cccc(-c3cc(CNS(=O)(=O)c4cccc(C(=O)O)c4)ccc3F)c2)CC1.O=C(O)c1cccc(S(=O)(=O)Cl)c1. The van der Waals surface area contributed by atoms with Crippen molar-refractivity contribution in [2.45, 2.75) is 88.7 Å². The first-order valence-corrected chi connectivity index (χ1v) is 30.2. The van der Waals surface area contributed by atoms with E-state index >= 15 is 0 Å². The average Bonchev–Trinajstić information content (AvgIpc) is 3.61. The van der Waals surface area contributed by atoms with Crippen molar-refractivity contribution in [1.29, 1.82) is 0 Å². The number of carboxylic acid groups (broad SMARTS) is 2. The quantitative estimate of drug-likeness (QED) is 0.0741. The van der Waals surface area contributed by atoms with Crippen molar-refractivity contribution in [1.82, 2.24) is 24.3 Å². The summed E-state index contributed by atoms with van der Waals surface area (Å²) in [5.41, 5.74) is 10.4. The van der Waals surface area contributed by atoms with Crippen LogP contribution in [0.5, 0.6) is 0 Å². The fourth-order valence-electron chi connectivity index (χ4n) is 8.68. The predicted octanol–water partition coefficient (Wildman–Crippen LogP) is 10.0. The number of halogens is 3. The van der Waals surface area contributed by atoms with Gasteiger partial charge in [-0.15, -0.1) is 0 Å². The molecular formula is C60H69ClF2N6O12S2. The number of ether oxygens (including phenoxy) is 2. The van der Waals surface area contributed by atoms with Crippen LogP contribution < -0.4 is 10.5 Å². The van der Waals surface area contributed by atoms with Crippen molar-refractivity contribution >= 4 is 53.9 Å². The van der Waals surface area contributed by atoms with Crippen LogP contribution in [0.4, 0.5) is 18.4 Å². The maximum Gasteiger partial charge on any atom is 0.410 e. The Hall–Kier alpha value is -7.31. The van der Waals surface area contributed by atoms with E-state index in [0.29, 0.717) is 74.6 Å². The minimum absolute atomic E-state index is 0.103. The third kappa shape index (κ3) is 19.9. The van der Waals surface area contributed by atoms with Gasteiger partial charge in [0.05, 0.1) is 20.9 Å². The summed E-state index contributed by atoms with van der Waals surface area (Å²) < 4.78 is 89.6. The van der Waals surface area contributed by atoms with E-state index in [4.69, 9.17) is 36.1 Å². The molecule has 0 aliphatic carbocycles. The van der Waals surface area contributed by atoms with Crippen LogP contribution in [-0.2, 0) is 54.7 Å². The van der Waals surface area contributed by atoms with Crippen molar-refractivity contribution in [2.24, 2.45) is 5.73 Å². The molecule has 2 amide bonds. The second kappa shape index (κ2) is 28.3. The zero-order valence-electron chi connectivity index (χ0n) is 47.0. The zero-order chi connectivity index (χ0) is 60.9. The summed E-state index contributed by atoms with van der Waals surface area (Å²) >= 11 is 0. The number of carboxylic acids is 2. The fourth-order valence-corrected chi connectivity index (χ4v) is 10.5. The number of rotatable bonds is 14. The van der Waals surface area contributed by atoms with Crippen molar-refractivity contribution in [3.05, 3.63) is 178 Å². The highest BCUT2D eigenvalue weighted by molar-refractivity contribution is 8.13. The molecule has 23 heteroatoms. The summed E-state index contributed by atoms with van der Waals surface area (Å²) in [6.45, 7) is 18.1. The Labute approximate surface area is 487 Å². The van der Waals surface area contributed by atoms with Gasteiger partial charge in [-0.25, -0.2) is 49.5 Å². The van der Waals surface area contributed by atoms with Crippen LogP contribution in [0.25, 0.3) is 22.3 Å². The van der Waals surface area contributed by atoms with Crippen molar-refractivity contribution < 1.29 is 64.5 Å². The lowest BCUT2D eigenvalue weighted by atomic mass is 10.00. The summed E-state index contributed by atoms with van der Waals surface area (Å²) in [4.78, 5) is 53.8. The molecule has 0 atom stereocenters. The number of hydrogen-bond donors (Lipinski definition) is 4. The van der Waals surface area contributed by atoms with Crippen LogP contribution in [-0.4, -0.2) is 134 Å². The first kappa shape index (κ1) is 64.9. The monoisotopic (exact) mass is 1200 g/mol. The van der Waals surface area contributed by atoms with Crippen molar-refractivity contribution in [3.8, 4) is 22.3 Å². The highest BCUT2D eigenvalue weighted by Crippen LogP contribution is 2.28. The Morgan fingerprint density at radius 3 is 1.35 bits per heavy atom. The minimum Gasteiger partial charge on any atom is -0.478 e. The lowest BCUT2D eigenvalue weighted by Gasteiger charge is -2.35. The maximum atomic E-state index is 14.9. The number of piperazine rings is 2. The summed E-state index contributed by atoms with van der Waals surface area (Å²) in [6.07, 6.45) is -0.569. The van der Waals surface area contributed by atoms with Crippen LogP contribution in [0.2, 0.25) is 0 Å². The molecule has 0 spiro atoms. The topological polar surface area (TPSA) is 246 Å². The highest BCUT2D eigenvalue weighted by atomic mass is 35.7. The van der Waals surface area contributed by atoms with E-state index in [1.807, 2.05) is 84.0 Å². The number of carbonyl (C=O) groups is 4. The number of amides is 2.